The molecule has 2 nitrogen and oxygen atoms in total. The summed E-state index contributed by atoms with van der Waals surface area (Å²) in [4.78, 5) is 0. The molecule has 0 radical (unpaired) electrons. The molecule has 0 unspecified atom stereocenters. The van der Waals surface area contributed by atoms with Gasteiger partial charge in [-0.3, -0.25) is 0 Å². The molecular formula is C36H28N2S5. The van der Waals surface area contributed by atoms with Crippen LogP contribution < -0.4 is 0 Å². The molecule has 0 atom stereocenters. The van der Waals surface area contributed by atoms with Crippen LogP contribution in [0.2, 0.25) is 0 Å². The summed E-state index contributed by atoms with van der Waals surface area (Å²) in [6.07, 6.45) is 12.3. The fourth-order valence-corrected chi connectivity index (χ4v) is 12.0. The largest absolute Gasteiger partial charge is 0.320 e. The SMILES string of the molecule is S=c1c2ccc3c4ccc5c(=S)n(C6CCCCC6)c(=S)c6cc7sc8cc(c(=S)n1C1CCCCC1)c2c3c8c7c4c56. The van der Waals surface area contributed by atoms with Gasteiger partial charge in [-0.2, -0.15) is 0 Å². The third-order valence-electron chi connectivity index (χ3n) is 10.9. The zero-order valence-electron chi connectivity index (χ0n) is 23.6. The van der Waals surface area contributed by atoms with Crippen molar-refractivity contribution in [1.29, 1.82) is 0 Å². The van der Waals surface area contributed by atoms with Crippen molar-refractivity contribution in [3.8, 4) is 0 Å². The normalized spacial score (nSPS) is 18.0. The molecule has 0 spiro atoms. The first-order chi connectivity index (χ1) is 21.0. The van der Waals surface area contributed by atoms with E-state index in [9.17, 15) is 0 Å². The van der Waals surface area contributed by atoms with Crippen molar-refractivity contribution in [3.05, 3.63) is 55.0 Å². The Bertz CT molecular complexity index is 2480. The molecule has 0 N–H and O–H groups in total. The summed E-state index contributed by atoms with van der Waals surface area (Å²) in [5.74, 6) is 0. The second-order valence-electron chi connectivity index (χ2n) is 13.1. The number of fused-ring (bicyclic) bond motifs is 1. The van der Waals surface area contributed by atoms with E-state index in [2.05, 4.69) is 45.5 Å². The van der Waals surface area contributed by atoms with Crippen molar-refractivity contribution in [2.45, 2.75) is 76.3 Å². The maximum absolute atomic E-state index is 6.31. The lowest BCUT2D eigenvalue weighted by molar-refractivity contribution is 0.349. The molecule has 3 heterocycles. The van der Waals surface area contributed by atoms with Gasteiger partial charge in [0, 0.05) is 75.3 Å². The Morgan fingerprint density at radius 3 is 1.23 bits per heavy atom. The molecule has 8 aromatic rings. The molecule has 2 aliphatic carbocycles. The van der Waals surface area contributed by atoms with E-state index in [0.717, 1.165) is 44.2 Å². The average Bonchev–Trinajstić information content (AvgIpc) is 3.42. The minimum atomic E-state index is 0.405. The van der Waals surface area contributed by atoms with E-state index in [4.69, 9.17) is 48.9 Å². The van der Waals surface area contributed by atoms with Gasteiger partial charge in [0.25, 0.3) is 0 Å². The number of pyridine rings is 2. The summed E-state index contributed by atoms with van der Waals surface area (Å²) in [6, 6.07) is 14.8. The molecule has 10 rings (SSSR count). The molecule has 43 heavy (non-hydrogen) atoms. The minimum Gasteiger partial charge on any atom is -0.320 e. The van der Waals surface area contributed by atoms with Crippen LogP contribution in [0.3, 0.4) is 0 Å². The average molecular weight is 649 g/mol. The van der Waals surface area contributed by atoms with Gasteiger partial charge in [-0.05, 0) is 48.6 Å². The molecular weight excluding hydrogens is 621 g/mol. The van der Waals surface area contributed by atoms with Crippen molar-refractivity contribution >= 4 is 134 Å². The van der Waals surface area contributed by atoms with Crippen LogP contribution in [-0.4, -0.2) is 9.13 Å². The zero-order valence-corrected chi connectivity index (χ0v) is 27.7. The molecule has 0 amide bonds. The topological polar surface area (TPSA) is 9.86 Å². The van der Waals surface area contributed by atoms with Gasteiger partial charge in [-0.25, -0.2) is 0 Å². The number of benzene rings is 5. The lowest BCUT2D eigenvalue weighted by atomic mass is 9.86. The van der Waals surface area contributed by atoms with Crippen molar-refractivity contribution in [1.82, 2.24) is 9.13 Å². The minimum absolute atomic E-state index is 0.405. The standard InChI is InChI=1S/C36H28N2S5/c39-33-21-13-11-19-20-12-14-22-28-24(36(42)38(34(22)40)18-9-5-2-6-10-18)16-26-32(30(20)28)31-25(43-26)15-23(27(21)29(19)31)35(41)37(33)17-7-3-1-4-8-17/h11-18H,1-10H2. The van der Waals surface area contributed by atoms with Gasteiger partial charge >= 0.3 is 0 Å². The van der Waals surface area contributed by atoms with E-state index in [0.29, 0.717) is 12.1 Å². The number of rotatable bonds is 2. The predicted molar refractivity (Wildman–Crippen MR) is 195 cm³/mol. The third-order valence-corrected chi connectivity index (χ3v) is 13.7. The molecule has 0 aliphatic heterocycles. The van der Waals surface area contributed by atoms with Gasteiger partial charge in [0.2, 0.25) is 0 Å². The summed E-state index contributed by atoms with van der Waals surface area (Å²) in [6.45, 7) is 0. The van der Waals surface area contributed by atoms with Crippen molar-refractivity contribution in [2.24, 2.45) is 0 Å². The fourth-order valence-electron chi connectivity index (χ4n) is 9.05. The highest BCUT2D eigenvalue weighted by Crippen LogP contribution is 2.53. The summed E-state index contributed by atoms with van der Waals surface area (Å²) in [7, 11) is 0. The number of aromatic nitrogens is 2. The molecule has 0 saturated heterocycles. The first-order valence-corrected chi connectivity index (χ1v) is 18.2. The van der Waals surface area contributed by atoms with Crippen LogP contribution >= 0.6 is 60.2 Å². The molecule has 2 fully saturated rings. The van der Waals surface area contributed by atoms with Crippen LogP contribution in [0.5, 0.6) is 0 Å². The first kappa shape index (κ1) is 25.9. The van der Waals surface area contributed by atoms with Crippen LogP contribution in [0.25, 0.3) is 74.0 Å². The Kier molecular flexibility index (Phi) is 5.46. The lowest BCUT2D eigenvalue weighted by Crippen LogP contribution is -2.15. The molecule has 2 saturated carbocycles. The number of hydrogen-bond donors (Lipinski definition) is 0. The Labute approximate surface area is 272 Å². The van der Waals surface area contributed by atoms with Crippen LogP contribution in [0, 0.1) is 18.6 Å². The number of nitrogens with zero attached hydrogens (tertiary/aromatic N) is 2. The van der Waals surface area contributed by atoms with Crippen molar-refractivity contribution < 1.29 is 0 Å². The molecule has 5 aromatic carbocycles. The second-order valence-corrected chi connectivity index (χ2v) is 15.7. The Hall–Kier alpha value is -2.42. The van der Waals surface area contributed by atoms with E-state index >= 15 is 0 Å². The van der Waals surface area contributed by atoms with Crippen LogP contribution in [-0.2, 0) is 0 Å². The number of thiophene rings is 1. The van der Waals surface area contributed by atoms with E-state index in [1.165, 1.54) is 113 Å². The highest BCUT2D eigenvalue weighted by atomic mass is 32.1. The maximum atomic E-state index is 6.31. The first-order valence-electron chi connectivity index (χ1n) is 15.7. The van der Waals surface area contributed by atoms with E-state index < -0.39 is 0 Å². The predicted octanol–water partition coefficient (Wildman–Crippen LogP) is 13.1. The number of hydrogen-bond acceptors (Lipinski definition) is 5. The van der Waals surface area contributed by atoms with Crippen LogP contribution in [0.4, 0.5) is 0 Å². The quantitative estimate of drug-likeness (QED) is 0.105. The summed E-state index contributed by atoms with van der Waals surface area (Å²) >= 11 is 27.0. The molecule has 0 bridgehead atoms. The van der Waals surface area contributed by atoms with Crippen molar-refractivity contribution in [2.75, 3.05) is 0 Å². The Morgan fingerprint density at radius 1 is 0.442 bits per heavy atom. The highest BCUT2D eigenvalue weighted by Gasteiger charge is 2.27. The van der Waals surface area contributed by atoms with Gasteiger partial charge in [0.1, 0.15) is 18.6 Å². The molecule has 3 aromatic heterocycles. The molecule has 7 heteroatoms. The highest BCUT2D eigenvalue weighted by molar-refractivity contribution is 7.72. The van der Waals surface area contributed by atoms with Gasteiger partial charge < -0.3 is 9.13 Å². The van der Waals surface area contributed by atoms with Crippen LogP contribution in [0.15, 0.2) is 36.4 Å². The summed E-state index contributed by atoms with van der Waals surface area (Å²) < 4.78 is 10.9. The molecule has 212 valence electrons. The van der Waals surface area contributed by atoms with Gasteiger partial charge in [0.15, 0.2) is 0 Å². The van der Waals surface area contributed by atoms with E-state index in [1.54, 1.807) is 0 Å². The third kappa shape index (κ3) is 3.23. The second kappa shape index (κ2) is 9.07. The van der Waals surface area contributed by atoms with Gasteiger partial charge in [0.05, 0.1) is 0 Å². The summed E-state index contributed by atoms with van der Waals surface area (Å²) in [5, 5.41) is 15.1. The maximum Gasteiger partial charge on any atom is 0.115 e. The monoisotopic (exact) mass is 648 g/mol. The zero-order chi connectivity index (χ0) is 28.7. The molecule has 2 aliphatic rings. The Morgan fingerprint density at radius 2 is 0.814 bits per heavy atom. The van der Waals surface area contributed by atoms with Gasteiger partial charge in [-0.15, -0.1) is 11.3 Å². The lowest BCUT2D eigenvalue weighted by Gasteiger charge is -2.27. The van der Waals surface area contributed by atoms with Crippen LogP contribution in [0.1, 0.15) is 76.3 Å². The fraction of sp³-hybridized carbons (Fsp3) is 0.333. The van der Waals surface area contributed by atoms with E-state index in [1.807, 2.05) is 11.3 Å². The van der Waals surface area contributed by atoms with E-state index in [-0.39, 0.29) is 0 Å². The van der Waals surface area contributed by atoms with Gasteiger partial charge in [-0.1, -0.05) is 112 Å². The Balaban J connectivity index is 1.40. The smallest absolute Gasteiger partial charge is 0.115 e. The summed E-state index contributed by atoms with van der Waals surface area (Å²) in [5.41, 5.74) is 0. The van der Waals surface area contributed by atoms with Crippen molar-refractivity contribution in [3.63, 3.8) is 0 Å².